The molecule has 0 aliphatic heterocycles. The highest BCUT2D eigenvalue weighted by molar-refractivity contribution is 5.93. The molecule has 4 nitrogen and oxygen atoms in total. The van der Waals surface area contributed by atoms with Crippen LogP contribution in [0.1, 0.15) is 27.0 Å². The first-order valence-corrected chi connectivity index (χ1v) is 6.49. The quantitative estimate of drug-likeness (QED) is 0.493. The van der Waals surface area contributed by atoms with Gasteiger partial charge in [0.2, 0.25) is 0 Å². The SMILES string of the molecule is COC(=O)c1ccc(C=C(C#N)c2ccccc2C#N)cc1. The van der Waals surface area contributed by atoms with Crippen molar-refractivity contribution in [3.63, 3.8) is 0 Å². The molecule has 0 fully saturated rings. The Morgan fingerprint density at radius 1 is 1.09 bits per heavy atom. The van der Waals surface area contributed by atoms with E-state index in [0.717, 1.165) is 5.56 Å². The molecule has 4 heteroatoms. The Balaban J connectivity index is 2.40. The first-order valence-electron chi connectivity index (χ1n) is 6.49. The molecule has 106 valence electrons. The zero-order valence-electron chi connectivity index (χ0n) is 11.9. The molecule has 0 spiro atoms. The summed E-state index contributed by atoms with van der Waals surface area (Å²) in [5.74, 6) is -0.411. The Labute approximate surface area is 128 Å². The van der Waals surface area contributed by atoms with Gasteiger partial charge in [0.05, 0.1) is 35.9 Å². The third kappa shape index (κ3) is 3.20. The second-order valence-corrected chi connectivity index (χ2v) is 4.44. The molecule has 0 radical (unpaired) electrons. The lowest BCUT2D eigenvalue weighted by Gasteiger charge is -2.03. The third-order valence-electron chi connectivity index (χ3n) is 3.10. The molecule has 0 aromatic heterocycles. The van der Waals surface area contributed by atoms with Crippen molar-refractivity contribution < 1.29 is 9.53 Å². The molecule has 0 bridgehead atoms. The minimum atomic E-state index is -0.411. The van der Waals surface area contributed by atoms with Crippen LogP contribution in [0.15, 0.2) is 48.5 Å². The number of nitriles is 2. The molecule has 2 rings (SSSR count). The maximum Gasteiger partial charge on any atom is 0.337 e. The van der Waals surface area contributed by atoms with E-state index in [1.54, 1.807) is 54.6 Å². The summed E-state index contributed by atoms with van der Waals surface area (Å²) in [7, 11) is 1.32. The van der Waals surface area contributed by atoms with Gasteiger partial charge >= 0.3 is 5.97 Å². The van der Waals surface area contributed by atoms with E-state index in [1.165, 1.54) is 7.11 Å². The van der Waals surface area contributed by atoms with Gasteiger partial charge < -0.3 is 4.74 Å². The van der Waals surface area contributed by atoms with Crippen molar-refractivity contribution in [1.82, 2.24) is 0 Å². The standard InChI is InChI=1S/C18H12N2O2/c1-22-18(21)14-8-6-13(7-9-14)10-16(12-20)17-5-3-2-4-15(17)11-19/h2-10H,1H3. The average molecular weight is 288 g/mol. The van der Waals surface area contributed by atoms with E-state index >= 15 is 0 Å². The van der Waals surface area contributed by atoms with Gasteiger partial charge in [0.25, 0.3) is 0 Å². The zero-order chi connectivity index (χ0) is 15.9. The molecule has 2 aromatic rings. The molecule has 0 aliphatic carbocycles. The number of methoxy groups -OCH3 is 1. The number of allylic oxidation sites excluding steroid dienone is 1. The highest BCUT2D eigenvalue weighted by atomic mass is 16.5. The Morgan fingerprint density at radius 2 is 1.77 bits per heavy atom. The minimum absolute atomic E-state index is 0.392. The van der Waals surface area contributed by atoms with Gasteiger partial charge in [-0.25, -0.2) is 4.79 Å². The highest BCUT2D eigenvalue weighted by Gasteiger charge is 2.08. The van der Waals surface area contributed by atoms with Crippen LogP contribution in [0.25, 0.3) is 11.6 Å². The van der Waals surface area contributed by atoms with Crippen molar-refractivity contribution in [2.75, 3.05) is 7.11 Å². The summed E-state index contributed by atoms with van der Waals surface area (Å²) in [6.07, 6.45) is 1.68. The number of esters is 1. The number of carbonyl (C=O) groups is 1. The number of benzene rings is 2. The Kier molecular flexibility index (Phi) is 4.70. The zero-order valence-corrected chi connectivity index (χ0v) is 11.9. The molecule has 0 saturated heterocycles. The monoisotopic (exact) mass is 288 g/mol. The smallest absolute Gasteiger partial charge is 0.337 e. The van der Waals surface area contributed by atoms with Gasteiger partial charge in [0, 0.05) is 5.56 Å². The van der Waals surface area contributed by atoms with Gasteiger partial charge in [-0.2, -0.15) is 10.5 Å². The van der Waals surface area contributed by atoms with Gasteiger partial charge in [-0.3, -0.25) is 0 Å². The van der Waals surface area contributed by atoms with Crippen LogP contribution >= 0.6 is 0 Å². The third-order valence-corrected chi connectivity index (χ3v) is 3.10. The summed E-state index contributed by atoms with van der Waals surface area (Å²) >= 11 is 0. The highest BCUT2D eigenvalue weighted by Crippen LogP contribution is 2.21. The van der Waals surface area contributed by atoms with Gasteiger partial charge in [0.1, 0.15) is 0 Å². The summed E-state index contributed by atoms with van der Waals surface area (Å²) in [4.78, 5) is 11.4. The molecule has 22 heavy (non-hydrogen) atoms. The van der Waals surface area contributed by atoms with E-state index in [0.29, 0.717) is 22.3 Å². The van der Waals surface area contributed by atoms with E-state index in [9.17, 15) is 10.1 Å². The Morgan fingerprint density at radius 3 is 2.36 bits per heavy atom. The molecular weight excluding hydrogens is 276 g/mol. The molecule has 0 unspecified atom stereocenters. The maximum absolute atomic E-state index is 11.4. The van der Waals surface area contributed by atoms with E-state index in [1.807, 2.05) is 0 Å². The summed E-state index contributed by atoms with van der Waals surface area (Å²) in [6.45, 7) is 0. The summed E-state index contributed by atoms with van der Waals surface area (Å²) in [5, 5.41) is 18.5. The summed E-state index contributed by atoms with van der Waals surface area (Å²) < 4.78 is 4.64. The van der Waals surface area contributed by atoms with E-state index in [-0.39, 0.29) is 0 Å². The number of nitrogens with zero attached hydrogens (tertiary/aromatic N) is 2. The van der Waals surface area contributed by atoms with Crippen molar-refractivity contribution in [2.24, 2.45) is 0 Å². The average Bonchev–Trinajstić information content (AvgIpc) is 2.59. The first kappa shape index (κ1) is 15.0. The van der Waals surface area contributed by atoms with E-state index < -0.39 is 5.97 Å². The molecule has 2 aromatic carbocycles. The number of rotatable bonds is 3. The van der Waals surface area contributed by atoms with E-state index in [2.05, 4.69) is 16.9 Å². The Bertz CT molecular complexity index is 806. The predicted molar refractivity (Wildman–Crippen MR) is 82.4 cm³/mol. The Hall–Kier alpha value is -3.37. The van der Waals surface area contributed by atoms with E-state index in [4.69, 9.17) is 5.26 Å². The largest absolute Gasteiger partial charge is 0.465 e. The van der Waals surface area contributed by atoms with Crippen LogP contribution in [0, 0.1) is 22.7 Å². The number of carbonyl (C=O) groups excluding carboxylic acids is 1. The van der Waals surface area contributed by atoms with Crippen molar-refractivity contribution in [3.8, 4) is 12.1 Å². The van der Waals surface area contributed by atoms with Gasteiger partial charge in [-0.1, -0.05) is 30.3 Å². The fourth-order valence-corrected chi connectivity index (χ4v) is 1.99. The molecule has 0 N–H and O–H groups in total. The summed E-state index contributed by atoms with van der Waals surface area (Å²) in [6, 6.07) is 17.8. The molecule has 0 saturated carbocycles. The topological polar surface area (TPSA) is 73.9 Å². The fraction of sp³-hybridized carbons (Fsp3) is 0.0556. The van der Waals surface area contributed by atoms with Crippen LogP contribution in [-0.2, 0) is 4.74 Å². The summed E-state index contributed by atoms with van der Waals surface area (Å²) in [5.41, 5.74) is 2.63. The van der Waals surface area contributed by atoms with Gasteiger partial charge in [-0.15, -0.1) is 0 Å². The lowest BCUT2D eigenvalue weighted by molar-refractivity contribution is 0.0600. The second-order valence-electron chi connectivity index (χ2n) is 4.44. The number of ether oxygens (including phenoxy) is 1. The second kappa shape index (κ2) is 6.88. The van der Waals surface area contributed by atoms with Crippen molar-refractivity contribution in [1.29, 1.82) is 10.5 Å². The molecule has 0 atom stereocenters. The van der Waals surface area contributed by atoms with Gasteiger partial charge in [0.15, 0.2) is 0 Å². The van der Waals surface area contributed by atoms with Gasteiger partial charge in [-0.05, 0) is 29.8 Å². The van der Waals surface area contributed by atoms with Crippen molar-refractivity contribution in [3.05, 3.63) is 70.8 Å². The lowest BCUT2D eigenvalue weighted by atomic mass is 9.99. The van der Waals surface area contributed by atoms with Crippen molar-refractivity contribution in [2.45, 2.75) is 0 Å². The van der Waals surface area contributed by atoms with Crippen LogP contribution in [0.2, 0.25) is 0 Å². The van der Waals surface area contributed by atoms with Crippen LogP contribution in [0.3, 0.4) is 0 Å². The normalized spacial score (nSPS) is 10.4. The number of hydrogen-bond acceptors (Lipinski definition) is 4. The first-order chi connectivity index (χ1) is 10.7. The van der Waals surface area contributed by atoms with Crippen molar-refractivity contribution >= 4 is 17.6 Å². The molecule has 0 amide bonds. The predicted octanol–water partition coefficient (Wildman–Crippen LogP) is 3.41. The molecule has 0 heterocycles. The van der Waals surface area contributed by atoms with Crippen LogP contribution < -0.4 is 0 Å². The molecule has 0 aliphatic rings. The van der Waals surface area contributed by atoms with Crippen LogP contribution in [-0.4, -0.2) is 13.1 Å². The molecular formula is C18H12N2O2. The maximum atomic E-state index is 11.4. The van der Waals surface area contributed by atoms with Crippen LogP contribution in [0.5, 0.6) is 0 Å². The number of hydrogen-bond donors (Lipinski definition) is 0. The minimum Gasteiger partial charge on any atom is -0.465 e. The lowest BCUT2D eigenvalue weighted by Crippen LogP contribution is -2.00. The van der Waals surface area contributed by atoms with Crippen LogP contribution in [0.4, 0.5) is 0 Å². The fourth-order valence-electron chi connectivity index (χ4n) is 1.99.